The number of carbonyl (C=O) groups excluding carboxylic acids is 4. The van der Waals surface area contributed by atoms with Crippen LogP contribution >= 0.6 is 0 Å². The molecule has 1 atom stereocenters. The van der Waals surface area contributed by atoms with E-state index in [2.05, 4.69) is 5.32 Å². The highest BCUT2D eigenvalue weighted by molar-refractivity contribution is 5.90. The molecule has 2 aromatic heterocycles. The second-order valence-electron chi connectivity index (χ2n) is 14.2. The Labute approximate surface area is 295 Å². The summed E-state index contributed by atoms with van der Waals surface area (Å²) in [5, 5.41) is 14.7. The molecule has 3 aliphatic rings. The monoisotopic (exact) mass is 703 g/mol. The number of ether oxygens (including phenoxy) is 3. The number of carbonyl (C=O) groups is 4. The van der Waals surface area contributed by atoms with Gasteiger partial charge in [0.2, 0.25) is 5.91 Å². The van der Waals surface area contributed by atoms with E-state index >= 15 is 0 Å². The summed E-state index contributed by atoms with van der Waals surface area (Å²) >= 11 is 0. The molecule has 0 saturated carbocycles. The lowest BCUT2D eigenvalue weighted by Gasteiger charge is -2.34. The van der Waals surface area contributed by atoms with Crippen molar-refractivity contribution in [1.29, 1.82) is 0 Å². The number of fused-ring (bicyclic) bond motifs is 5. The summed E-state index contributed by atoms with van der Waals surface area (Å²) in [6, 6.07) is 6.93. The zero-order valence-electron chi connectivity index (χ0n) is 29.8. The van der Waals surface area contributed by atoms with Crippen LogP contribution in [0, 0.1) is 0 Å². The Kier molecular flexibility index (Phi) is 9.82. The number of nitrogens with one attached hydrogen (secondary N) is 1. The number of amides is 3. The number of aryl methyl sites for hydroxylation is 1. The number of hydrogen-bond acceptors (Lipinski definition) is 10. The molecule has 1 saturated heterocycles. The van der Waals surface area contributed by atoms with Crippen LogP contribution in [0.25, 0.3) is 22.3 Å². The first-order valence-electron chi connectivity index (χ1n) is 17.6. The fraction of sp³-hybridized carbons (Fsp3) is 0.514. The van der Waals surface area contributed by atoms with Gasteiger partial charge in [0.1, 0.15) is 18.0 Å². The zero-order valence-corrected chi connectivity index (χ0v) is 29.8. The molecular formula is C37H45N5O9. The van der Waals surface area contributed by atoms with Crippen LogP contribution in [0.3, 0.4) is 0 Å². The summed E-state index contributed by atoms with van der Waals surface area (Å²) < 4.78 is 17.8. The Morgan fingerprint density at radius 1 is 1.02 bits per heavy atom. The van der Waals surface area contributed by atoms with Crippen LogP contribution in [-0.4, -0.2) is 86.8 Å². The summed E-state index contributed by atoms with van der Waals surface area (Å²) in [7, 11) is 0. The second-order valence-corrected chi connectivity index (χ2v) is 14.2. The number of piperazine rings is 1. The molecule has 272 valence electrons. The standard InChI is InChI=1S/C37H45N5O9/c1-6-23-24-18-22(50-35(47)41-16-14-40(15-17-41)30(43)10-8-9-13-38-34(46)51-36(3,4)5)11-12-28(24)39-31-25(23)20-42-29(31)19-27-26(32(42)44)21-49-33(45)37(27,48)7-2/h11-12,18-19,48H,6-10,13-17,20-21H2,1-5H3,(H,38,46)/t37-/m0/s1. The fourth-order valence-electron chi connectivity index (χ4n) is 6.98. The number of benzene rings is 1. The fourth-order valence-corrected chi connectivity index (χ4v) is 6.98. The zero-order chi connectivity index (χ0) is 36.7. The normalized spacial score (nSPS) is 18.1. The van der Waals surface area contributed by atoms with E-state index in [1.807, 2.05) is 6.92 Å². The van der Waals surface area contributed by atoms with Crippen molar-refractivity contribution in [3.05, 3.63) is 56.9 Å². The average molecular weight is 704 g/mol. The summed E-state index contributed by atoms with van der Waals surface area (Å²) in [6.45, 7) is 11.1. The highest BCUT2D eigenvalue weighted by Gasteiger charge is 2.45. The number of alkyl carbamates (subject to hydrolysis) is 1. The number of aromatic nitrogens is 2. The van der Waals surface area contributed by atoms with E-state index in [4.69, 9.17) is 19.2 Å². The number of rotatable bonds is 8. The number of unbranched alkanes of at least 4 members (excludes halogenated alkanes) is 1. The van der Waals surface area contributed by atoms with Gasteiger partial charge in [-0.3, -0.25) is 9.59 Å². The van der Waals surface area contributed by atoms with E-state index < -0.39 is 29.4 Å². The van der Waals surface area contributed by atoms with Gasteiger partial charge in [-0.15, -0.1) is 0 Å². The summed E-state index contributed by atoms with van der Waals surface area (Å²) in [4.78, 5) is 72.1. The highest BCUT2D eigenvalue weighted by Crippen LogP contribution is 2.40. The van der Waals surface area contributed by atoms with E-state index in [1.54, 1.807) is 66.3 Å². The van der Waals surface area contributed by atoms with Gasteiger partial charge in [-0.2, -0.15) is 0 Å². The molecule has 3 aliphatic heterocycles. The van der Waals surface area contributed by atoms with Crippen LogP contribution in [0.1, 0.15) is 82.6 Å². The van der Waals surface area contributed by atoms with Crippen LogP contribution in [0.2, 0.25) is 0 Å². The molecule has 0 unspecified atom stereocenters. The lowest BCUT2D eigenvalue weighted by atomic mass is 9.86. The van der Waals surface area contributed by atoms with Crippen molar-refractivity contribution in [3.63, 3.8) is 0 Å². The summed E-state index contributed by atoms with van der Waals surface area (Å²) in [6.07, 6.45) is 1.33. The van der Waals surface area contributed by atoms with Crippen LogP contribution in [0.15, 0.2) is 29.1 Å². The topological polar surface area (TPSA) is 170 Å². The second kappa shape index (κ2) is 14.0. The lowest BCUT2D eigenvalue weighted by Crippen LogP contribution is -2.51. The van der Waals surface area contributed by atoms with Gasteiger partial charge in [0.15, 0.2) is 5.60 Å². The van der Waals surface area contributed by atoms with Gasteiger partial charge < -0.3 is 39.0 Å². The van der Waals surface area contributed by atoms with Gasteiger partial charge in [-0.1, -0.05) is 13.8 Å². The molecular weight excluding hydrogens is 658 g/mol. The largest absolute Gasteiger partial charge is 0.458 e. The van der Waals surface area contributed by atoms with E-state index in [9.17, 15) is 29.1 Å². The van der Waals surface area contributed by atoms with Crippen molar-refractivity contribution in [2.24, 2.45) is 0 Å². The molecule has 3 amide bonds. The third kappa shape index (κ3) is 7.01. The molecule has 5 heterocycles. The number of aliphatic hydroxyl groups is 1. The number of pyridine rings is 2. The molecule has 0 aliphatic carbocycles. The van der Waals surface area contributed by atoms with Gasteiger partial charge in [0.25, 0.3) is 5.56 Å². The third-order valence-electron chi connectivity index (χ3n) is 9.71. The first-order valence-corrected chi connectivity index (χ1v) is 17.6. The molecule has 51 heavy (non-hydrogen) atoms. The van der Waals surface area contributed by atoms with Gasteiger partial charge in [0, 0.05) is 55.7 Å². The van der Waals surface area contributed by atoms with E-state index in [0.29, 0.717) is 81.1 Å². The van der Waals surface area contributed by atoms with Crippen molar-refractivity contribution in [2.75, 3.05) is 32.7 Å². The van der Waals surface area contributed by atoms with Crippen molar-refractivity contribution in [1.82, 2.24) is 24.7 Å². The quantitative estimate of drug-likeness (QED) is 0.202. The maximum Gasteiger partial charge on any atom is 0.415 e. The highest BCUT2D eigenvalue weighted by atomic mass is 16.6. The minimum Gasteiger partial charge on any atom is -0.458 e. The molecule has 6 rings (SSSR count). The Bertz CT molecular complexity index is 1960. The number of esters is 1. The molecule has 14 heteroatoms. The predicted molar refractivity (Wildman–Crippen MR) is 186 cm³/mol. The molecule has 1 fully saturated rings. The SMILES string of the molecule is CCc1c2c(nc3ccc(OC(=O)N4CCN(C(=O)CCCCNC(=O)OC(C)(C)C)CC4)cc13)-c1cc3c(c(=O)n1C2)COC(=O)[C@]3(O)CC. The van der Waals surface area contributed by atoms with Crippen LogP contribution in [0.4, 0.5) is 9.59 Å². The first kappa shape index (κ1) is 35.8. The van der Waals surface area contributed by atoms with Gasteiger partial charge in [-0.25, -0.2) is 19.4 Å². The van der Waals surface area contributed by atoms with Crippen molar-refractivity contribution in [2.45, 2.75) is 91.1 Å². The Balaban J connectivity index is 1.09. The molecule has 14 nitrogen and oxygen atoms in total. The van der Waals surface area contributed by atoms with Crippen LogP contribution < -0.4 is 15.6 Å². The third-order valence-corrected chi connectivity index (χ3v) is 9.71. The molecule has 3 aromatic rings. The minimum absolute atomic E-state index is 0.00870. The predicted octanol–water partition coefficient (Wildman–Crippen LogP) is 3.98. The average Bonchev–Trinajstić information content (AvgIpc) is 3.46. The van der Waals surface area contributed by atoms with Gasteiger partial charge in [-0.05, 0) is 76.3 Å². The maximum atomic E-state index is 13.6. The van der Waals surface area contributed by atoms with Crippen LogP contribution in [-0.2, 0) is 44.2 Å². The first-order chi connectivity index (χ1) is 24.2. The van der Waals surface area contributed by atoms with Gasteiger partial charge in [0.05, 0.1) is 29.0 Å². The van der Waals surface area contributed by atoms with Crippen molar-refractivity contribution >= 4 is 35.0 Å². The van der Waals surface area contributed by atoms with E-state index in [-0.39, 0.29) is 42.2 Å². The number of cyclic esters (lactones) is 1. The Morgan fingerprint density at radius 3 is 2.43 bits per heavy atom. The number of hydrogen-bond donors (Lipinski definition) is 2. The Morgan fingerprint density at radius 2 is 1.75 bits per heavy atom. The van der Waals surface area contributed by atoms with E-state index in [1.165, 1.54) is 0 Å². The maximum absolute atomic E-state index is 13.6. The molecule has 2 N–H and O–H groups in total. The smallest absolute Gasteiger partial charge is 0.415 e. The number of nitrogens with zero attached hydrogens (tertiary/aromatic N) is 4. The molecule has 0 radical (unpaired) electrons. The minimum atomic E-state index is -1.90. The summed E-state index contributed by atoms with van der Waals surface area (Å²) in [5.41, 5.74) is 1.37. The summed E-state index contributed by atoms with van der Waals surface area (Å²) in [5.74, 6) is -0.403. The molecule has 0 bridgehead atoms. The molecule has 0 spiro atoms. The van der Waals surface area contributed by atoms with Crippen LogP contribution in [0.5, 0.6) is 5.75 Å². The van der Waals surface area contributed by atoms with Crippen molar-refractivity contribution in [3.8, 4) is 17.1 Å². The van der Waals surface area contributed by atoms with Crippen molar-refractivity contribution < 1.29 is 38.5 Å². The molecule has 1 aromatic carbocycles. The van der Waals surface area contributed by atoms with E-state index in [0.717, 1.165) is 16.5 Å². The van der Waals surface area contributed by atoms with Gasteiger partial charge >= 0.3 is 18.2 Å². The lowest BCUT2D eigenvalue weighted by molar-refractivity contribution is -0.172. The Hall–Kier alpha value is -4.98.